The molecular weight excluding hydrogens is 332 g/mol. The minimum atomic E-state index is -1.12. The summed E-state index contributed by atoms with van der Waals surface area (Å²) in [5, 5.41) is 19.8. The number of nitro benzene ring substituents is 1. The fraction of sp³-hybridized carbons (Fsp3) is 0.333. The maximum absolute atomic E-state index is 12.2. The second kappa shape index (κ2) is 6.47. The molecule has 0 aliphatic rings. The van der Waals surface area contributed by atoms with E-state index in [2.05, 4.69) is 15.9 Å². The first kappa shape index (κ1) is 16.1. The summed E-state index contributed by atoms with van der Waals surface area (Å²) in [4.78, 5) is 34.5. The van der Waals surface area contributed by atoms with E-state index in [-0.39, 0.29) is 22.1 Å². The van der Waals surface area contributed by atoms with Crippen LogP contribution in [0, 0.1) is 10.1 Å². The highest BCUT2D eigenvalue weighted by molar-refractivity contribution is 9.10. The smallest absolute Gasteiger partial charge is 0.326 e. The minimum Gasteiger partial charge on any atom is -0.480 e. The summed E-state index contributed by atoms with van der Waals surface area (Å²) in [6.45, 7) is 1.65. The van der Waals surface area contributed by atoms with Crippen molar-refractivity contribution in [2.45, 2.75) is 19.4 Å². The first-order valence-corrected chi connectivity index (χ1v) is 6.52. The normalized spacial score (nSPS) is 11.8. The SMILES string of the molecule is CCC(C(=O)O)N(C)C(=O)c1ccc(Br)c([N+](=O)[O-])c1. The van der Waals surface area contributed by atoms with Gasteiger partial charge in [0.15, 0.2) is 0 Å². The zero-order valence-corrected chi connectivity index (χ0v) is 12.5. The van der Waals surface area contributed by atoms with Crippen LogP contribution in [0.4, 0.5) is 5.69 Å². The van der Waals surface area contributed by atoms with Crippen molar-refractivity contribution in [1.82, 2.24) is 4.90 Å². The number of carbonyl (C=O) groups excluding carboxylic acids is 1. The zero-order valence-electron chi connectivity index (χ0n) is 10.9. The van der Waals surface area contributed by atoms with Gasteiger partial charge in [0.2, 0.25) is 0 Å². The number of carbonyl (C=O) groups is 2. The molecule has 1 rings (SSSR count). The predicted octanol–water partition coefficient (Wildman–Crippen LogP) is 2.29. The number of rotatable bonds is 5. The molecule has 0 bridgehead atoms. The highest BCUT2D eigenvalue weighted by Crippen LogP contribution is 2.26. The number of amides is 1. The molecule has 0 heterocycles. The molecule has 1 N–H and O–H groups in total. The monoisotopic (exact) mass is 344 g/mol. The summed E-state index contributed by atoms with van der Waals surface area (Å²) >= 11 is 3.02. The Morgan fingerprint density at radius 2 is 2.10 bits per heavy atom. The Bertz CT molecular complexity index is 561. The van der Waals surface area contributed by atoms with Crippen LogP contribution in [-0.4, -0.2) is 39.9 Å². The van der Waals surface area contributed by atoms with Gasteiger partial charge in [-0.1, -0.05) is 6.92 Å². The second-order valence-electron chi connectivity index (χ2n) is 4.10. The van der Waals surface area contributed by atoms with Crippen LogP contribution in [0.1, 0.15) is 23.7 Å². The van der Waals surface area contributed by atoms with Gasteiger partial charge in [0.05, 0.1) is 9.40 Å². The highest BCUT2D eigenvalue weighted by atomic mass is 79.9. The molecule has 1 aromatic carbocycles. The van der Waals surface area contributed by atoms with Gasteiger partial charge < -0.3 is 10.0 Å². The van der Waals surface area contributed by atoms with Gasteiger partial charge in [0.25, 0.3) is 11.6 Å². The Labute approximate surface area is 123 Å². The van der Waals surface area contributed by atoms with Crippen molar-refractivity contribution in [1.29, 1.82) is 0 Å². The van der Waals surface area contributed by atoms with Crippen LogP contribution in [0.5, 0.6) is 0 Å². The van der Waals surface area contributed by atoms with E-state index in [0.29, 0.717) is 0 Å². The average Bonchev–Trinajstić information content (AvgIpc) is 2.38. The number of hydrogen-bond acceptors (Lipinski definition) is 4. The van der Waals surface area contributed by atoms with Gasteiger partial charge in [0.1, 0.15) is 6.04 Å². The first-order valence-electron chi connectivity index (χ1n) is 5.73. The molecule has 0 aliphatic heterocycles. The van der Waals surface area contributed by atoms with Crippen LogP contribution in [0.15, 0.2) is 22.7 Å². The Balaban J connectivity index is 3.12. The Hall–Kier alpha value is -1.96. The van der Waals surface area contributed by atoms with E-state index in [0.717, 1.165) is 11.0 Å². The molecule has 108 valence electrons. The topological polar surface area (TPSA) is 101 Å². The number of carboxylic acid groups (broad SMARTS) is 1. The van der Waals surface area contributed by atoms with Crippen LogP contribution >= 0.6 is 15.9 Å². The van der Waals surface area contributed by atoms with Crippen molar-refractivity contribution in [3.05, 3.63) is 38.3 Å². The van der Waals surface area contributed by atoms with Crippen molar-refractivity contribution in [2.75, 3.05) is 7.05 Å². The summed E-state index contributed by atoms with van der Waals surface area (Å²) in [5.74, 6) is -1.69. The summed E-state index contributed by atoms with van der Waals surface area (Å²) < 4.78 is 0.256. The van der Waals surface area contributed by atoms with Crippen LogP contribution in [-0.2, 0) is 4.79 Å². The molecule has 20 heavy (non-hydrogen) atoms. The zero-order chi connectivity index (χ0) is 15.4. The molecule has 8 heteroatoms. The van der Waals surface area contributed by atoms with Crippen molar-refractivity contribution >= 4 is 33.5 Å². The number of likely N-dealkylation sites (N-methyl/N-ethyl adjacent to an activating group) is 1. The summed E-state index contributed by atoms with van der Waals surface area (Å²) in [7, 11) is 1.36. The summed E-state index contributed by atoms with van der Waals surface area (Å²) in [5.41, 5.74) is -0.172. The van der Waals surface area contributed by atoms with E-state index in [1.54, 1.807) is 6.92 Å². The third-order valence-electron chi connectivity index (χ3n) is 2.85. The minimum absolute atomic E-state index is 0.0714. The number of hydrogen-bond donors (Lipinski definition) is 1. The number of benzene rings is 1. The largest absolute Gasteiger partial charge is 0.480 e. The van der Waals surface area contributed by atoms with Crippen molar-refractivity contribution in [3.8, 4) is 0 Å². The highest BCUT2D eigenvalue weighted by Gasteiger charge is 2.26. The van der Waals surface area contributed by atoms with E-state index >= 15 is 0 Å². The molecule has 0 aliphatic carbocycles. The predicted molar refractivity (Wildman–Crippen MR) is 74.6 cm³/mol. The second-order valence-corrected chi connectivity index (χ2v) is 4.96. The Kier molecular flexibility index (Phi) is 5.20. The third-order valence-corrected chi connectivity index (χ3v) is 3.52. The molecular formula is C12H13BrN2O5. The third kappa shape index (κ3) is 3.32. The lowest BCUT2D eigenvalue weighted by Crippen LogP contribution is -2.41. The van der Waals surface area contributed by atoms with Gasteiger partial charge in [-0.3, -0.25) is 14.9 Å². The molecule has 1 atom stereocenters. The van der Waals surface area contributed by atoms with E-state index in [1.165, 1.54) is 19.2 Å². The standard InChI is InChI=1S/C12H13BrN2O5/c1-3-9(12(17)18)14(2)11(16)7-4-5-8(13)10(6-7)15(19)20/h4-6,9H,3H2,1-2H3,(H,17,18). The fourth-order valence-corrected chi connectivity index (χ4v) is 2.14. The summed E-state index contributed by atoms with van der Waals surface area (Å²) in [6.07, 6.45) is 0.246. The van der Waals surface area contributed by atoms with Crippen molar-refractivity contribution in [2.24, 2.45) is 0 Å². The lowest BCUT2D eigenvalue weighted by molar-refractivity contribution is -0.385. The van der Waals surface area contributed by atoms with E-state index in [9.17, 15) is 19.7 Å². The first-order chi connectivity index (χ1) is 9.29. The van der Waals surface area contributed by atoms with Crippen LogP contribution < -0.4 is 0 Å². The maximum Gasteiger partial charge on any atom is 0.326 e. The quantitative estimate of drug-likeness (QED) is 0.652. The lowest BCUT2D eigenvalue weighted by Gasteiger charge is -2.23. The Morgan fingerprint density at radius 3 is 2.55 bits per heavy atom. The van der Waals surface area contributed by atoms with Crippen LogP contribution in [0.25, 0.3) is 0 Å². The van der Waals surface area contributed by atoms with Gasteiger partial charge in [-0.2, -0.15) is 0 Å². The van der Waals surface area contributed by atoms with Crippen LogP contribution in [0.2, 0.25) is 0 Å². The fourth-order valence-electron chi connectivity index (χ4n) is 1.74. The number of aliphatic carboxylic acids is 1. The number of halogens is 1. The van der Waals surface area contributed by atoms with E-state index < -0.39 is 22.8 Å². The molecule has 0 saturated heterocycles. The van der Waals surface area contributed by atoms with E-state index in [4.69, 9.17) is 5.11 Å². The van der Waals surface area contributed by atoms with Gasteiger partial charge in [-0.25, -0.2) is 4.79 Å². The number of nitro groups is 1. The number of nitrogens with zero attached hydrogens (tertiary/aromatic N) is 2. The Morgan fingerprint density at radius 1 is 1.50 bits per heavy atom. The molecule has 0 fully saturated rings. The molecule has 1 amide bonds. The molecule has 0 radical (unpaired) electrons. The van der Waals surface area contributed by atoms with E-state index in [1.807, 2.05) is 0 Å². The summed E-state index contributed by atoms with van der Waals surface area (Å²) in [6, 6.07) is 2.95. The van der Waals surface area contributed by atoms with Gasteiger partial charge in [-0.05, 0) is 34.5 Å². The van der Waals surface area contributed by atoms with Gasteiger partial charge >= 0.3 is 5.97 Å². The molecule has 0 saturated carbocycles. The molecule has 1 unspecified atom stereocenters. The van der Waals surface area contributed by atoms with Gasteiger partial charge in [-0.15, -0.1) is 0 Å². The number of carboxylic acids is 1. The molecule has 1 aromatic rings. The van der Waals surface area contributed by atoms with Crippen molar-refractivity contribution < 1.29 is 19.6 Å². The molecule has 0 aromatic heterocycles. The molecule has 7 nitrogen and oxygen atoms in total. The molecule has 0 spiro atoms. The average molecular weight is 345 g/mol. The maximum atomic E-state index is 12.2. The van der Waals surface area contributed by atoms with Crippen LogP contribution in [0.3, 0.4) is 0 Å². The van der Waals surface area contributed by atoms with Gasteiger partial charge in [0, 0.05) is 18.7 Å². The lowest BCUT2D eigenvalue weighted by atomic mass is 10.1. The van der Waals surface area contributed by atoms with Crippen molar-refractivity contribution in [3.63, 3.8) is 0 Å².